The van der Waals surface area contributed by atoms with Crippen molar-refractivity contribution in [3.8, 4) is 0 Å². The van der Waals surface area contributed by atoms with Crippen molar-refractivity contribution in [3.05, 3.63) is 29.6 Å². The molecular formula is C14H25N3. The van der Waals surface area contributed by atoms with E-state index in [1.54, 1.807) is 0 Å². The molecule has 3 nitrogen and oxygen atoms in total. The summed E-state index contributed by atoms with van der Waals surface area (Å²) >= 11 is 0. The standard InChI is InChI=1S/C14H25N3/c1-5-14(10-15-4)17(6-2)11-13-9-7-8-12(3)16-13/h7-9,14-15H,5-6,10-11H2,1-4H3. The van der Waals surface area contributed by atoms with E-state index in [1.165, 1.54) is 12.1 Å². The van der Waals surface area contributed by atoms with Crippen molar-refractivity contribution in [2.75, 3.05) is 20.1 Å². The topological polar surface area (TPSA) is 28.2 Å². The van der Waals surface area contributed by atoms with Gasteiger partial charge in [-0.25, -0.2) is 0 Å². The third-order valence-electron chi connectivity index (χ3n) is 3.14. The van der Waals surface area contributed by atoms with Crippen LogP contribution in [0.2, 0.25) is 0 Å². The average Bonchev–Trinajstić information content (AvgIpc) is 2.33. The molecule has 1 rings (SSSR count). The molecule has 0 radical (unpaired) electrons. The van der Waals surface area contributed by atoms with Crippen LogP contribution >= 0.6 is 0 Å². The van der Waals surface area contributed by atoms with Gasteiger partial charge in [-0.2, -0.15) is 0 Å². The van der Waals surface area contributed by atoms with E-state index < -0.39 is 0 Å². The van der Waals surface area contributed by atoms with E-state index in [-0.39, 0.29) is 0 Å². The fourth-order valence-electron chi connectivity index (χ4n) is 2.16. The minimum atomic E-state index is 0.590. The first-order valence-corrected chi connectivity index (χ1v) is 6.52. The second-order valence-corrected chi connectivity index (χ2v) is 4.45. The highest BCUT2D eigenvalue weighted by Gasteiger charge is 2.15. The molecule has 1 unspecified atom stereocenters. The summed E-state index contributed by atoms with van der Waals surface area (Å²) in [6, 6.07) is 6.84. The van der Waals surface area contributed by atoms with Crippen LogP contribution in [0.4, 0.5) is 0 Å². The lowest BCUT2D eigenvalue weighted by Crippen LogP contribution is -2.40. The summed E-state index contributed by atoms with van der Waals surface area (Å²) in [7, 11) is 2.02. The van der Waals surface area contributed by atoms with E-state index in [0.29, 0.717) is 6.04 Å². The van der Waals surface area contributed by atoms with E-state index in [4.69, 9.17) is 0 Å². The second-order valence-electron chi connectivity index (χ2n) is 4.45. The average molecular weight is 235 g/mol. The summed E-state index contributed by atoms with van der Waals surface area (Å²) in [5, 5.41) is 3.27. The predicted molar refractivity (Wildman–Crippen MR) is 73.1 cm³/mol. The number of aryl methyl sites for hydroxylation is 1. The van der Waals surface area contributed by atoms with Gasteiger partial charge >= 0.3 is 0 Å². The molecule has 1 heterocycles. The fourth-order valence-corrected chi connectivity index (χ4v) is 2.16. The highest BCUT2D eigenvalue weighted by Crippen LogP contribution is 2.09. The first-order valence-electron chi connectivity index (χ1n) is 6.52. The maximum atomic E-state index is 4.58. The number of aromatic nitrogens is 1. The number of nitrogens with zero attached hydrogens (tertiary/aromatic N) is 2. The summed E-state index contributed by atoms with van der Waals surface area (Å²) < 4.78 is 0. The van der Waals surface area contributed by atoms with Gasteiger partial charge in [0.2, 0.25) is 0 Å². The van der Waals surface area contributed by atoms with Crippen molar-refractivity contribution in [1.29, 1.82) is 0 Å². The van der Waals surface area contributed by atoms with Crippen molar-refractivity contribution in [2.24, 2.45) is 0 Å². The van der Waals surface area contributed by atoms with E-state index in [0.717, 1.165) is 25.3 Å². The van der Waals surface area contributed by atoms with Crippen molar-refractivity contribution in [3.63, 3.8) is 0 Å². The number of hydrogen-bond acceptors (Lipinski definition) is 3. The van der Waals surface area contributed by atoms with Crippen LogP contribution in [0, 0.1) is 6.92 Å². The molecular weight excluding hydrogens is 210 g/mol. The highest BCUT2D eigenvalue weighted by atomic mass is 15.2. The molecule has 1 aromatic rings. The Kier molecular flexibility index (Phi) is 6.16. The number of rotatable bonds is 7. The van der Waals surface area contributed by atoms with Crippen molar-refractivity contribution >= 4 is 0 Å². The lowest BCUT2D eigenvalue weighted by atomic mass is 10.1. The van der Waals surface area contributed by atoms with Crippen LogP contribution in [0.5, 0.6) is 0 Å². The quantitative estimate of drug-likeness (QED) is 0.785. The molecule has 0 aliphatic carbocycles. The summed E-state index contributed by atoms with van der Waals surface area (Å²) in [4.78, 5) is 7.06. The van der Waals surface area contributed by atoms with Gasteiger partial charge in [-0.1, -0.05) is 19.9 Å². The molecule has 1 aromatic heterocycles. The largest absolute Gasteiger partial charge is 0.318 e. The fraction of sp³-hybridized carbons (Fsp3) is 0.643. The number of likely N-dealkylation sites (N-methyl/N-ethyl adjacent to an activating group) is 2. The molecule has 0 aliphatic rings. The van der Waals surface area contributed by atoms with Crippen LogP contribution in [0.3, 0.4) is 0 Å². The summed E-state index contributed by atoms with van der Waals surface area (Å²) in [5.74, 6) is 0. The summed E-state index contributed by atoms with van der Waals surface area (Å²) in [5.41, 5.74) is 2.27. The van der Waals surface area contributed by atoms with Crippen molar-refractivity contribution in [1.82, 2.24) is 15.2 Å². The van der Waals surface area contributed by atoms with Crippen LogP contribution in [0.1, 0.15) is 31.7 Å². The SMILES string of the molecule is CCC(CNC)N(CC)Cc1cccc(C)n1. The monoisotopic (exact) mass is 235 g/mol. The Balaban J connectivity index is 2.68. The first kappa shape index (κ1) is 14.1. The summed E-state index contributed by atoms with van der Waals surface area (Å²) in [6.07, 6.45) is 1.17. The molecule has 0 saturated carbocycles. The molecule has 3 heteroatoms. The van der Waals surface area contributed by atoms with E-state index in [9.17, 15) is 0 Å². The Morgan fingerprint density at radius 2 is 2.12 bits per heavy atom. The van der Waals surface area contributed by atoms with Gasteiger partial charge in [0.25, 0.3) is 0 Å². The van der Waals surface area contributed by atoms with Crippen LogP contribution in [-0.4, -0.2) is 36.1 Å². The molecule has 0 amide bonds. The molecule has 0 spiro atoms. The maximum Gasteiger partial charge on any atom is 0.0547 e. The molecule has 0 aliphatic heterocycles. The summed E-state index contributed by atoms with van der Waals surface area (Å²) in [6.45, 7) is 9.55. The van der Waals surface area contributed by atoms with Gasteiger partial charge < -0.3 is 5.32 Å². The third kappa shape index (κ3) is 4.44. The Labute approximate surface area is 105 Å². The maximum absolute atomic E-state index is 4.58. The Hall–Kier alpha value is -0.930. The number of nitrogens with one attached hydrogen (secondary N) is 1. The second kappa shape index (κ2) is 7.41. The van der Waals surface area contributed by atoms with E-state index in [1.807, 2.05) is 20.0 Å². The Morgan fingerprint density at radius 3 is 2.65 bits per heavy atom. The van der Waals surface area contributed by atoms with Gasteiger partial charge in [-0.05, 0) is 39.1 Å². The number of hydrogen-bond donors (Lipinski definition) is 1. The number of pyridine rings is 1. The van der Waals surface area contributed by atoms with Crippen LogP contribution in [0.15, 0.2) is 18.2 Å². The lowest BCUT2D eigenvalue weighted by Gasteiger charge is -2.29. The molecule has 1 atom stereocenters. The van der Waals surface area contributed by atoms with Crippen LogP contribution < -0.4 is 5.32 Å². The van der Waals surface area contributed by atoms with E-state index in [2.05, 4.69) is 41.2 Å². The van der Waals surface area contributed by atoms with E-state index >= 15 is 0 Å². The minimum absolute atomic E-state index is 0.590. The Bertz CT molecular complexity index is 325. The van der Waals surface area contributed by atoms with Gasteiger partial charge in [0.15, 0.2) is 0 Å². The predicted octanol–water partition coefficient (Wildman–Crippen LogP) is 2.21. The molecule has 0 bridgehead atoms. The Morgan fingerprint density at radius 1 is 1.35 bits per heavy atom. The highest BCUT2D eigenvalue weighted by molar-refractivity contribution is 5.09. The van der Waals surface area contributed by atoms with Crippen LogP contribution in [-0.2, 0) is 6.54 Å². The van der Waals surface area contributed by atoms with Gasteiger partial charge in [0.05, 0.1) is 5.69 Å². The molecule has 96 valence electrons. The van der Waals surface area contributed by atoms with Crippen LogP contribution in [0.25, 0.3) is 0 Å². The van der Waals surface area contributed by atoms with Crippen molar-refractivity contribution in [2.45, 2.75) is 39.8 Å². The van der Waals surface area contributed by atoms with Gasteiger partial charge in [-0.15, -0.1) is 0 Å². The molecule has 0 aromatic carbocycles. The minimum Gasteiger partial charge on any atom is -0.318 e. The molecule has 17 heavy (non-hydrogen) atoms. The molecule has 0 fully saturated rings. The van der Waals surface area contributed by atoms with Gasteiger partial charge in [0.1, 0.15) is 0 Å². The van der Waals surface area contributed by atoms with Gasteiger partial charge in [0, 0.05) is 24.8 Å². The molecule has 1 N–H and O–H groups in total. The zero-order chi connectivity index (χ0) is 12.7. The zero-order valence-electron chi connectivity index (χ0n) is 11.5. The lowest BCUT2D eigenvalue weighted by molar-refractivity contribution is 0.187. The first-order chi connectivity index (χ1) is 8.21. The van der Waals surface area contributed by atoms with Gasteiger partial charge in [-0.3, -0.25) is 9.88 Å². The third-order valence-corrected chi connectivity index (χ3v) is 3.14. The molecule has 0 saturated heterocycles. The normalized spacial score (nSPS) is 13.0. The zero-order valence-corrected chi connectivity index (χ0v) is 11.5. The smallest absolute Gasteiger partial charge is 0.0547 e. The van der Waals surface area contributed by atoms with Crippen molar-refractivity contribution < 1.29 is 0 Å².